The lowest BCUT2D eigenvalue weighted by atomic mass is 9.88. The van der Waals surface area contributed by atoms with Gasteiger partial charge in [-0.2, -0.15) is 13.2 Å². The first-order valence-corrected chi connectivity index (χ1v) is 9.88. The Morgan fingerprint density at radius 3 is 2.62 bits per heavy atom. The SMILES string of the molecule is COc1ccc(Cl)cc1C1(F)C(=O)N(COC(=O)Cc2nnn[nH]2)c2cc(C(F)(F)F)ccc21. The number of esters is 1. The average Bonchev–Trinajstić information content (AvgIpc) is 3.37. The summed E-state index contributed by atoms with van der Waals surface area (Å²) < 4.78 is 66.8. The topological polar surface area (TPSA) is 110 Å². The van der Waals surface area contributed by atoms with Gasteiger partial charge in [0.15, 0.2) is 12.6 Å². The van der Waals surface area contributed by atoms with E-state index in [1.54, 1.807) is 0 Å². The van der Waals surface area contributed by atoms with Crippen molar-refractivity contribution < 1.29 is 36.6 Å². The van der Waals surface area contributed by atoms with Crippen molar-refractivity contribution in [3.8, 4) is 5.75 Å². The number of hydrogen-bond donors (Lipinski definition) is 1. The van der Waals surface area contributed by atoms with E-state index in [2.05, 4.69) is 20.6 Å². The van der Waals surface area contributed by atoms with Crippen LogP contribution in [0.25, 0.3) is 0 Å². The Labute approximate surface area is 193 Å². The molecule has 2 aromatic carbocycles. The van der Waals surface area contributed by atoms with Gasteiger partial charge in [0, 0.05) is 16.1 Å². The molecule has 1 atom stereocenters. The molecule has 9 nitrogen and oxygen atoms in total. The number of halogens is 5. The molecule has 0 aliphatic carbocycles. The van der Waals surface area contributed by atoms with Crippen LogP contribution in [0.1, 0.15) is 22.5 Å². The summed E-state index contributed by atoms with van der Waals surface area (Å²) in [5, 5.41) is 12.5. The standard InChI is InChI=1S/C20H14ClF4N5O4/c1-33-15-5-3-11(21)7-13(15)19(22)12-4-2-10(20(23,24)25)6-14(12)30(18(19)32)9-34-17(31)8-16-26-28-29-27-16/h2-7H,8-9H2,1H3,(H,26,27,28,29). The van der Waals surface area contributed by atoms with E-state index in [0.717, 1.165) is 12.1 Å². The number of benzene rings is 2. The number of carbonyl (C=O) groups excluding carboxylic acids is 2. The number of rotatable bonds is 6. The second-order valence-corrected chi connectivity index (χ2v) is 7.57. The number of anilines is 1. The fourth-order valence-corrected chi connectivity index (χ4v) is 3.72. The van der Waals surface area contributed by atoms with E-state index in [1.807, 2.05) is 0 Å². The summed E-state index contributed by atoms with van der Waals surface area (Å²) >= 11 is 6.00. The summed E-state index contributed by atoms with van der Waals surface area (Å²) in [6.45, 7) is -0.859. The van der Waals surface area contributed by atoms with Gasteiger partial charge in [0.1, 0.15) is 12.2 Å². The molecule has 1 N–H and O–H groups in total. The highest BCUT2D eigenvalue weighted by Crippen LogP contribution is 2.51. The van der Waals surface area contributed by atoms with Gasteiger partial charge in [0.05, 0.1) is 18.4 Å². The van der Waals surface area contributed by atoms with Crippen molar-refractivity contribution in [1.29, 1.82) is 0 Å². The fraction of sp³-hybridized carbons (Fsp3) is 0.250. The quantitative estimate of drug-likeness (QED) is 0.409. The molecule has 3 aromatic rings. The Balaban J connectivity index is 1.76. The van der Waals surface area contributed by atoms with Gasteiger partial charge < -0.3 is 9.47 Å². The van der Waals surface area contributed by atoms with E-state index in [-0.39, 0.29) is 27.7 Å². The van der Waals surface area contributed by atoms with E-state index in [4.69, 9.17) is 21.1 Å². The second kappa shape index (κ2) is 8.56. The highest BCUT2D eigenvalue weighted by molar-refractivity contribution is 6.30. The van der Waals surface area contributed by atoms with Crippen LogP contribution in [0.3, 0.4) is 0 Å². The first-order chi connectivity index (χ1) is 16.1. The Bertz CT molecular complexity index is 1250. The van der Waals surface area contributed by atoms with E-state index in [0.29, 0.717) is 17.0 Å². The monoisotopic (exact) mass is 499 g/mol. The highest BCUT2D eigenvalue weighted by Gasteiger charge is 2.55. The first-order valence-electron chi connectivity index (χ1n) is 9.50. The third kappa shape index (κ3) is 4.02. The largest absolute Gasteiger partial charge is 0.496 e. The van der Waals surface area contributed by atoms with Crippen LogP contribution < -0.4 is 9.64 Å². The summed E-state index contributed by atoms with van der Waals surface area (Å²) in [5.41, 5.74) is -5.20. The Morgan fingerprint density at radius 2 is 1.97 bits per heavy atom. The molecule has 0 bridgehead atoms. The van der Waals surface area contributed by atoms with Crippen LogP contribution in [0.5, 0.6) is 5.75 Å². The number of nitrogens with one attached hydrogen (secondary N) is 1. The van der Waals surface area contributed by atoms with Crippen LogP contribution in [-0.4, -0.2) is 46.3 Å². The summed E-state index contributed by atoms with van der Waals surface area (Å²) in [7, 11) is 1.24. The summed E-state index contributed by atoms with van der Waals surface area (Å²) in [6.07, 6.45) is -5.18. The van der Waals surface area contributed by atoms with Gasteiger partial charge in [-0.15, -0.1) is 5.10 Å². The van der Waals surface area contributed by atoms with Crippen LogP contribution >= 0.6 is 11.6 Å². The van der Waals surface area contributed by atoms with Gasteiger partial charge in [0.25, 0.3) is 5.91 Å². The van der Waals surface area contributed by atoms with Gasteiger partial charge in [-0.05, 0) is 40.8 Å². The zero-order valence-electron chi connectivity index (χ0n) is 17.2. The summed E-state index contributed by atoms with van der Waals surface area (Å²) in [5.74, 6) is -2.18. The number of methoxy groups -OCH3 is 1. The summed E-state index contributed by atoms with van der Waals surface area (Å²) in [6, 6.07) is 6.00. The Morgan fingerprint density at radius 1 is 1.21 bits per heavy atom. The summed E-state index contributed by atoms with van der Waals surface area (Å²) in [4.78, 5) is 26.0. The predicted molar refractivity (Wildman–Crippen MR) is 108 cm³/mol. The van der Waals surface area contributed by atoms with Crippen LogP contribution in [0.15, 0.2) is 36.4 Å². The lowest BCUT2D eigenvalue weighted by Gasteiger charge is -2.23. The zero-order valence-corrected chi connectivity index (χ0v) is 17.9. The second-order valence-electron chi connectivity index (χ2n) is 7.14. The molecule has 1 aliphatic rings. The number of fused-ring (bicyclic) bond motifs is 1. The molecule has 178 valence electrons. The molecule has 4 rings (SSSR count). The minimum Gasteiger partial charge on any atom is -0.496 e. The molecule has 34 heavy (non-hydrogen) atoms. The molecule has 1 amide bonds. The number of carbonyl (C=O) groups is 2. The molecule has 0 radical (unpaired) electrons. The van der Waals surface area contributed by atoms with Gasteiger partial charge in [-0.1, -0.05) is 17.7 Å². The highest BCUT2D eigenvalue weighted by atomic mass is 35.5. The van der Waals surface area contributed by atoms with Crippen LogP contribution in [0.4, 0.5) is 23.2 Å². The molecule has 1 unspecified atom stereocenters. The number of amides is 1. The maximum Gasteiger partial charge on any atom is 0.416 e. The molecule has 14 heteroatoms. The minimum absolute atomic E-state index is 0.0530. The first kappa shape index (κ1) is 23.4. The third-order valence-electron chi connectivity index (χ3n) is 5.12. The number of H-pyrrole nitrogens is 1. The Kier molecular flexibility index (Phi) is 5.89. The zero-order chi connectivity index (χ0) is 24.7. The number of hydrogen-bond acceptors (Lipinski definition) is 7. The average molecular weight is 500 g/mol. The van der Waals surface area contributed by atoms with Crippen molar-refractivity contribution >= 4 is 29.2 Å². The molecule has 2 heterocycles. The fourth-order valence-electron chi connectivity index (χ4n) is 3.55. The van der Waals surface area contributed by atoms with Crippen LogP contribution in [0.2, 0.25) is 5.02 Å². The van der Waals surface area contributed by atoms with Crippen LogP contribution in [0, 0.1) is 0 Å². The maximum absolute atomic E-state index is 16.6. The number of alkyl halides is 4. The van der Waals surface area contributed by atoms with Crippen molar-refractivity contribution in [2.75, 3.05) is 18.7 Å². The van der Waals surface area contributed by atoms with Crippen molar-refractivity contribution in [1.82, 2.24) is 20.6 Å². The molecule has 1 aliphatic heterocycles. The van der Waals surface area contributed by atoms with Gasteiger partial charge in [-0.25, -0.2) is 9.49 Å². The van der Waals surface area contributed by atoms with Crippen molar-refractivity contribution in [3.05, 3.63) is 63.9 Å². The Hall–Kier alpha value is -3.74. The molecular formula is C20H14ClF4N5O4. The van der Waals surface area contributed by atoms with Gasteiger partial charge in [0.2, 0.25) is 5.67 Å². The lowest BCUT2D eigenvalue weighted by molar-refractivity contribution is -0.144. The third-order valence-corrected chi connectivity index (χ3v) is 5.35. The van der Waals surface area contributed by atoms with E-state index in [9.17, 15) is 22.8 Å². The molecule has 1 aromatic heterocycles. The molecular weight excluding hydrogens is 486 g/mol. The number of tetrazole rings is 1. The minimum atomic E-state index is -4.77. The van der Waals surface area contributed by atoms with E-state index < -0.39 is 48.1 Å². The van der Waals surface area contributed by atoms with Gasteiger partial charge >= 0.3 is 12.1 Å². The van der Waals surface area contributed by atoms with E-state index in [1.165, 1.54) is 19.2 Å². The molecule has 0 fully saturated rings. The van der Waals surface area contributed by atoms with Crippen molar-refractivity contribution in [2.45, 2.75) is 18.3 Å². The number of aromatic nitrogens is 4. The smallest absolute Gasteiger partial charge is 0.416 e. The van der Waals surface area contributed by atoms with Crippen molar-refractivity contribution in [2.24, 2.45) is 0 Å². The number of nitrogens with zero attached hydrogens (tertiary/aromatic N) is 4. The maximum atomic E-state index is 16.6. The van der Waals surface area contributed by atoms with Gasteiger partial charge in [-0.3, -0.25) is 14.5 Å². The number of ether oxygens (including phenoxy) is 2. The molecule has 0 saturated carbocycles. The number of aromatic amines is 1. The lowest BCUT2D eigenvalue weighted by Crippen LogP contribution is -2.40. The molecule has 0 spiro atoms. The molecule has 0 saturated heterocycles. The predicted octanol–water partition coefficient (Wildman–Crippen LogP) is 3.18. The van der Waals surface area contributed by atoms with Crippen molar-refractivity contribution in [3.63, 3.8) is 0 Å². The normalized spacial score (nSPS) is 17.6. The van der Waals surface area contributed by atoms with Crippen LogP contribution in [-0.2, 0) is 32.6 Å². The van der Waals surface area contributed by atoms with E-state index >= 15 is 4.39 Å².